The van der Waals surface area contributed by atoms with E-state index in [0.29, 0.717) is 45.4 Å². The predicted octanol–water partition coefficient (Wildman–Crippen LogP) is 7.35. The molecule has 2 fully saturated rings. The summed E-state index contributed by atoms with van der Waals surface area (Å²) in [5.74, 6) is -0.639. The van der Waals surface area contributed by atoms with Gasteiger partial charge in [0.25, 0.3) is 5.91 Å². The highest BCUT2D eigenvalue weighted by atomic mass is 35.5. The van der Waals surface area contributed by atoms with E-state index in [1.807, 2.05) is 0 Å². The minimum absolute atomic E-state index is 0.0509. The normalized spacial score (nSPS) is 17.1. The molecule has 0 radical (unpaired) electrons. The average molecular weight is 578 g/mol. The van der Waals surface area contributed by atoms with E-state index < -0.39 is 11.8 Å². The third-order valence-corrected chi connectivity index (χ3v) is 8.24. The van der Waals surface area contributed by atoms with Crippen LogP contribution in [0.5, 0.6) is 5.75 Å². The number of carboxylic acids is 1. The third kappa shape index (κ3) is 6.22. The van der Waals surface area contributed by atoms with Gasteiger partial charge in [0.05, 0.1) is 23.7 Å². The fourth-order valence-corrected chi connectivity index (χ4v) is 5.90. The highest BCUT2D eigenvalue weighted by Crippen LogP contribution is 2.40. The van der Waals surface area contributed by atoms with Gasteiger partial charge in [0.1, 0.15) is 5.82 Å². The predicted molar refractivity (Wildman–Crippen MR) is 159 cm³/mol. The van der Waals surface area contributed by atoms with Crippen LogP contribution in [0.4, 0.5) is 4.39 Å². The zero-order valence-corrected chi connectivity index (χ0v) is 23.6. The molecule has 0 aliphatic heterocycles. The van der Waals surface area contributed by atoms with E-state index in [-0.39, 0.29) is 28.8 Å². The van der Waals surface area contributed by atoms with Crippen molar-refractivity contribution in [3.05, 3.63) is 82.9 Å². The number of hydrogen-bond acceptors (Lipinski definition) is 4. The minimum atomic E-state index is -1.19. The number of nitrogens with one attached hydrogen (secondary N) is 2. The van der Waals surface area contributed by atoms with Gasteiger partial charge in [0.15, 0.2) is 11.6 Å². The summed E-state index contributed by atoms with van der Waals surface area (Å²) >= 11 is 5.79. The summed E-state index contributed by atoms with van der Waals surface area (Å²) in [6.45, 7) is 4.17. The van der Waals surface area contributed by atoms with Crippen molar-refractivity contribution in [2.24, 2.45) is 11.8 Å². The molecule has 1 aromatic heterocycles. The minimum Gasteiger partial charge on any atom is -0.494 e. The van der Waals surface area contributed by atoms with E-state index in [0.717, 1.165) is 25.7 Å². The average Bonchev–Trinajstić information content (AvgIpc) is 3.74. The lowest BCUT2D eigenvalue weighted by Crippen LogP contribution is -2.42. The van der Waals surface area contributed by atoms with Crippen molar-refractivity contribution in [2.45, 2.75) is 51.0 Å². The molecule has 2 aromatic carbocycles. The molecule has 0 spiro atoms. The maximum Gasteiger partial charge on any atom is 0.336 e. The molecule has 2 aliphatic carbocycles. The second kappa shape index (κ2) is 12.3. The Hall–Kier alpha value is -3.91. The largest absolute Gasteiger partial charge is 0.494 e. The maximum atomic E-state index is 14.3. The number of ether oxygens (including phenoxy) is 1. The van der Waals surface area contributed by atoms with Crippen molar-refractivity contribution in [1.29, 1.82) is 0 Å². The van der Waals surface area contributed by atoms with Gasteiger partial charge in [-0.05, 0) is 66.9 Å². The van der Waals surface area contributed by atoms with Gasteiger partial charge < -0.3 is 20.1 Å². The number of nitrogens with zero attached hydrogens (tertiary/aromatic N) is 1. The van der Waals surface area contributed by atoms with Gasteiger partial charge >= 0.3 is 5.97 Å². The number of hydrogen-bond donors (Lipinski definition) is 3. The van der Waals surface area contributed by atoms with Crippen LogP contribution in [0.25, 0.3) is 22.2 Å². The first-order valence-electron chi connectivity index (χ1n) is 13.9. The van der Waals surface area contributed by atoms with E-state index in [9.17, 15) is 19.1 Å². The Labute approximate surface area is 243 Å². The van der Waals surface area contributed by atoms with Crippen molar-refractivity contribution in [3.8, 4) is 5.75 Å². The molecule has 9 heteroatoms. The number of imidazole rings is 1. The summed E-state index contributed by atoms with van der Waals surface area (Å²) in [4.78, 5) is 33.4. The van der Waals surface area contributed by atoms with Gasteiger partial charge in [-0.3, -0.25) is 4.79 Å². The van der Waals surface area contributed by atoms with E-state index in [4.69, 9.17) is 16.3 Å². The SMILES string of the molecule is C=C(/C(=C\C=C/Cl)c1nc2cc(OC)c(F)cc2[nH]1)c1ccc(C(=O)NC(C2CCCCC2)C2CC2)cc1C(=O)O. The van der Waals surface area contributed by atoms with Gasteiger partial charge in [-0.15, -0.1) is 0 Å². The Balaban J connectivity index is 1.46. The number of benzene rings is 2. The highest BCUT2D eigenvalue weighted by molar-refractivity contribution is 6.25. The lowest BCUT2D eigenvalue weighted by molar-refractivity contribution is 0.0696. The molecular formula is C32H33ClFN3O4. The Morgan fingerprint density at radius 3 is 2.54 bits per heavy atom. The summed E-state index contributed by atoms with van der Waals surface area (Å²) in [5.41, 5.74) is 3.52. The summed E-state index contributed by atoms with van der Waals surface area (Å²) in [6.07, 6.45) is 11.3. The quantitative estimate of drug-likeness (QED) is 0.219. The van der Waals surface area contributed by atoms with Crippen molar-refractivity contribution >= 4 is 45.7 Å². The number of amides is 1. The molecule has 3 N–H and O–H groups in total. The molecule has 1 amide bonds. The van der Waals surface area contributed by atoms with Crippen LogP contribution < -0.4 is 10.1 Å². The Bertz CT molecular complexity index is 1550. The summed E-state index contributed by atoms with van der Waals surface area (Å²) in [6, 6.07) is 7.50. The summed E-state index contributed by atoms with van der Waals surface area (Å²) in [7, 11) is 1.37. The number of aromatic carboxylic acids is 1. The second-order valence-corrected chi connectivity index (χ2v) is 11.0. The maximum absolute atomic E-state index is 14.3. The van der Waals surface area contributed by atoms with Gasteiger partial charge in [0.2, 0.25) is 0 Å². The molecular weight excluding hydrogens is 545 g/mol. The first-order valence-corrected chi connectivity index (χ1v) is 14.3. The molecule has 1 unspecified atom stereocenters. The van der Waals surface area contributed by atoms with Crippen molar-refractivity contribution in [3.63, 3.8) is 0 Å². The number of aromatic nitrogens is 2. The van der Waals surface area contributed by atoms with Gasteiger partial charge in [-0.25, -0.2) is 14.2 Å². The van der Waals surface area contributed by atoms with Gasteiger partial charge in [-0.2, -0.15) is 0 Å². The standard InChI is InChI=1S/C32H33ClFN3O4/c1-18(23(9-6-14-33)30-35-26-16-25(34)28(41-2)17-27(26)36-30)22-13-12-21(15-24(22)32(39)40)31(38)37-29(20-10-11-20)19-7-4-3-5-8-19/h6,9,12-17,19-20,29H,1,3-5,7-8,10-11H2,2H3,(H,35,36)(H,37,38)(H,39,40)/b14-6-,23-9+. The van der Waals surface area contributed by atoms with Crippen LogP contribution in [0.2, 0.25) is 0 Å². The molecule has 2 aliphatic rings. The van der Waals surface area contributed by atoms with Gasteiger partial charge in [-0.1, -0.05) is 49.6 Å². The molecule has 41 heavy (non-hydrogen) atoms. The molecule has 214 valence electrons. The number of methoxy groups -OCH3 is 1. The highest BCUT2D eigenvalue weighted by Gasteiger charge is 2.38. The number of rotatable bonds is 10. The smallest absolute Gasteiger partial charge is 0.336 e. The second-order valence-electron chi connectivity index (χ2n) is 10.8. The zero-order valence-electron chi connectivity index (χ0n) is 22.9. The number of carbonyl (C=O) groups excluding carboxylic acids is 1. The van der Waals surface area contributed by atoms with Crippen LogP contribution in [-0.4, -0.2) is 40.1 Å². The van der Waals surface area contributed by atoms with E-state index in [1.54, 1.807) is 24.3 Å². The molecule has 1 heterocycles. The van der Waals surface area contributed by atoms with E-state index in [2.05, 4.69) is 21.9 Å². The molecule has 0 bridgehead atoms. The third-order valence-electron chi connectivity index (χ3n) is 8.09. The van der Waals surface area contributed by atoms with E-state index >= 15 is 0 Å². The Morgan fingerprint density at radius 1 is 1.15 bits per heavy atom. The first kappa shape index (κ1) is 28.6. The molecule has 2 saturated carbocycles. The van der Waals surface area contributed by atoms with Crippen LogP contribution in [0.15, 0.2) is 54.6 Å². The number of fused-ring (bicyclic) bond motifs is 1. The summed E-state index contributed by atoms with van der Waals surface area (Å²) < 4.78 is 19.4. The van der Waals surface area contributed by atoms with Gasteiger partial charge in [0, 0.05) is 34.8 Å². The van der Waals surface area contributed by atoms with Crippen molar-refractivity contribution in [1.82, 2.24) is 15.3 Å². The van der Waals surface area contributed by atoms with Crippen LogP contribution in [0.1, 0.15) is 77.0 Å². The fraction of sp³-hybridized carbons (Fsp3) is 0.344. The number of aromatic amines is 1. The van der Waals surface area contributed by atoms with Crippen LogP contribution in [0.3, 0.4) is 0 Å². The monoisotopic (exact) mass is 577 g/mol. The van der Waals surface area contributed by atoms with E-state index in [1.165, 1.54) is 50.1 Å². The zero-order chi connectivity index (χ0) is 29.1. The molecule has 0 saturated heterocycles. The number of carbonyl (C=O) groups is 2. The first-order chi connectivity index (χ1) is 19.8. The molecule has 7 nitrogen and oxygen atoms in total. The molecule has 1 atom stereocenters. The van der Waals surface area contributed by atoms with Crippen LogP contribution in [0, 0.1) is 17.7 Å². The van der Waals surface area contributed by atoms with Crippen molar-refractivity contribution < 1.29 is 23.8 Å². The Morgan fingerprint density at radius 2 is 1.88 bits per heavy atom. The number of allylic oxidation sites excluding steroid dienone is 4. The number of carboxylic acid groups (broad SMARTS) is 1. The van der Waals surface area contributed by atoms with Crippen LogP contribution in [-0.2, 0) is 0 Å². The Kier molecular flexibility index (Phi) is 8.59. The summed E-state index contributed by atoms with van der Waals surface area (Å²) in [5, 5.41) is 13.4. The fourth-order valence-electron chi connectivity index (χ4n) is 5.82. The topological polar surface area (TPSA) is 104 Å². The molecule has 3 aromatic rings. The number of halogens is 2. The van der Waals surface area contributed by atoms with Crippen molar-refractivity contribution in [2.75, 3.05) is 7.11 Å². The lowest BCUT2D eigenvalue weighted by Gasteiger charge is -2.31. The lowest BCUT2D eigenvalue weighted by atomic mass is 9.82. The molecule has 5 rings (SSSR count). The number of H-pyrrole nitrogens is 1. The van der Waals surface area contributed by atoms with Crippen LogP contribution >= 0.6 is 11.6 Å².